The van der Waals surface area contributed by atoms with Crippen molar-refractivity contribution in [2.45, 2.75) is 26.3 Å². The molecule has 0 bridgehead atoms. The summed E-state index contributed by atoms with van der Waals surface area (Å²) in [5.41, 5.74) is 2.71. The number of amides is 1. The molecule has 0 unspecified atom stereocenters. The first kappa shape index (κ1) is 17.2. The van der Waals surface area contributed by atoms with Crippen LogP contribution in [0.2, 0.25) is 0 Å². The number of carbonyl (C=O) groups excluding carboxylic acids is 3. The first-order chi connectivity index (χ1) is 13.1. The Bertz CT molecular complexity index is 1010. The Morgan fingerprint density at radius 3 is 2.41 bits per heavy atom. The van der Waals surface area contributed by atoms with Gasteiger partial charge in [0.2, 0.25) is 0 Å². The molecule has 5 heteroatoms. The van der Waals surface area contributed by atoms with Crippen LogP contribution in [0.15, 0.2) is 71.1 Å². The minimum atomic E-state index is -0.273. The van der Waals surface area contributed by atoms with E-state index < -0.39 is 0 Å². The number of fused-ring (bicyclic) bond motifs is 1. The first-order valence-electron chi connectivity index (χ1n) is 9.08. The van der Waals surface area contributed by atoms with Gasteiger partial charge in [-0.2, -0.15) is 0 Å². The molecule has 1 N–H and O–H groups in total. The normalized spacial score (nSPS) is 15.9. The summed E-state index contributed by atoms with van der Waals surface area (Å²) < 4.78 is 2.05. The molecule has 27 heavy (non-hydrogen) atoms. The lowest BCUT2D eigenvalue weighted by Crippen LogP contribution is -2.30. The van der Waals surface area contributed by atoms with Crippen molar-refractivity contribution in [2.75, 3.05) is 6.54 Å². The Morgan fingerprint density at radius 2 is 1.70 bits per heavy atom. The van der Waals surface area contributed by atoms with Gasteiger partial charge in [0.1, 0.15) is 0 Å². The van der Waals surface area contributed by atoms with Crippen molar-refractivity contribution >= 4 is 17.5 Å². The monoisotopic (exact) mass is 360 g/mol. The average molecular weight is 360 g/mol. The molecule has 136 valence electrons. The zero-order chi connectivity index (χ0) is 19.0. The Labute approximate surface area is 157 Å². The number of carbonyl (C=O) groups is 3. The van der Waals surface area contributed by atoms with Crippen molar-refractivity contribution in [3.05, 3.63) is 82.2 Å². The molecule has 0 atom stereocenters. The molecule has 0 radical (unpaired) electrons. The van der Waals surface area contributed by atoms with E-state index in [0.29, 0.717) is 40.8 Å². The van der Waals surface area contributed by atoms with Crippen LogP contribution >= 0.6 is 0 Å². The fourth-order valence-corrected chi connectivity index (χ4v) is 3.81. The third kappa shape index (κ3) is 2.95. The van der Waals surface area contributed by atoms with Gasteiger partial charge < -0.3 is 9.88 Å². The summed E-state index contributed by atoms with van der Waals surface area (Å²) in [6, 6.07) is 10.7. The number of hydrogen-bond acceptors (Lipinski definition) is 3. The Hall–Kier alpha value is -3.21. The van der Waals surface area contributed by atoms with E-state index in [1.54, 1.807) is 24.3 Å². The molecule has 0 saturated heterocycles. The molecule has 4 rings (SSSR count). The van der Waals surface area contributed by atoms with Gasteiger partial charge in [-0.05, 0) is 31.9 Å². The van der Waals surface area contributed by atoms with Crippen LogP contribution in [-0.4, -0.2) is 28.6 Å². The van der Waals surface area contributed by atoms with Crippen LogP contribution in [0.5, 0.6) is 0 Å². The van der Waals surface area contributed by atoms with E-state index in [1.165, 1.54) is 0 Å². The summed E-state index contributed by atoms with van der Waals surface area (Å²) in [6.07, 6.45) is 5.10. The lowest BCUT2D eigenvalue weighted by molar-refractivity contribution is -0.117. The van der Waals surface area contributed by atoms with Crippen molar-refractivity contribution in [1.82, 2.24) is 9.88 Å². The van der Waals surface area contributed by atoms with Gasteiger partial charge in [0.05, 0.1) is 5.57 Å². The van der Waals surface area contributed by atoms with Crippen LogP contribution in [0, 0.1) is 0 Å². The van der Waals surface area contributed by atoms with Crippen molar-refractivity contribution in [3.63, 3.8) is 0 Å². The number of Topliss-reactive ketones (excluding diaryl/α,β-unsaturated/α-hetero) is 2. The molecule has 5 nitrogen and oxygen atoms in total. The van der Waals surface area contributed by atoms with Gasteiger partial charge in [-0.15, -0.1) is 0 Å². The van der Waals surface area contributed by atoms with Gasteiger partial charge in [-0.1, -0.05) is 29.8 Å². The second-order valence-corrected chi connectivity index (χ2v) is 6.92. The lowest BCUT2D eigenvalue weighted by atomic mass is 9.83. The van der Waals surface area contributed by atoms with Gasteiger partial charge in [-0.25, -0.2) is 0 Å². The Morgan fingerprint density at radius 1 is 1.04 bits per heavy atom. The molecule has 0 aliphatic heterocycles. The lowest BCUT2D eigenvalue weighted by Gasteiger charge is -2.18. The topological polar surface area (TPSA) is 68.2 Å². The highest BCUT2D eigenvalue weighted by Crippen LogP contribution is 2.40. The third-order valence-corrected chi connectivity index (χ3v) is 5.11. The van der Waals surface area contributed by atoms with Crippen molar-refractivity contribution in [1.29, 1.82) is 0 Å². The molecular formula is C22H20N2O3. The van der Waals surface area contributed by atoms with Crippen LogP contribution in [-0.2, 0) is 11.3 Å². The maximum Gasteiger partial charge on any atom is 0.252 e. The smallest absolute Gasteiger partial charge is 0.252 e. The summed E-state index contributed by atoms with van der Waals surface area (Å²) in [4.78, 5) is 38.5. The molecule has 1 heterocycles. The van der Waals surface area contributed by atoms with E-state index in [1.807, 2.05) is 36.0 Å². The van der Waals surface area contributed by atoms with Gasteiger partial charge in [0, 0.05) is 47.8 Å². The molecule has 2 aliphatic rings. The number of hydrogen-bond donors (Lipinski definition) is 1. The minimum Gasteiger partial charge on any atom is -0.354 e. The fourth-order valence-electron chi connectivity index (χ4n) is 3.81. The van der Waals surface area contributed by atoms with Gasteiger partial charge >= 0.3 is 0 Å². The average Bonchev–Trinajstić information content (AvgIpc) is 3.31. The number of benzene rings is 1. The van der Waals surface area contributed by atoms with E-state index in [2.05, 4.69) is 5.32 Å². The van der Waals surface area contributed by atoms with Crippen LogP contribution in [0.4, 0.5) is 0 Å². The fraction of sp³-hybridized carbons (Fsp3) is 0.227. The number of nitrogens with zero attached hydrogens (tertiary/aromatic N) is 1. The highest BCUT2D eigenvalue weighted by molar-refractivity contribution is 6.32. The maximum absolute atomic E-state index is 13.0. The zero-order valence-electron chi connectivity index (χ0n) is 15.1. The van der Waals surface area contributed by atoms with E-state index in [0.717, 1.165) is 18.5 Å². The van der Waals surface area contributed by atoms with Crippen LogP contribution in [0.25, 0.3) is 0 Å². The number of aromatic nitrogens is 1. The van der Waals surface area contributed by atoms with E-state index >= 15 is 0 Å². The molecule has 0 fully saturated rings. The number of nitrogens with one attached hydrogen (secondary N) is 1. The highest BCUT2D eigenvalue weighted by Gasteiger charge is 2.39. The number of aryl methyl sites for hydroxylation is 1. The number of allylic oxidation sites excluding steroid dienone is 2. The van der Waals surface area contributed by atoms with Gasteiger partial charge in [-0.3, -0.25) is 14.4 Å². The molecule has 2 aliphatic carbocycles. The SMILES string of the molecule is CC1=C(C(=O)NCCCn2cccc2)C2=C(C1)C(=O)c1ccccc1C2=O. The molecule has 0 saturated carbocycles. The quantitative estimate of drug-likeness (QED) is 0.833. The second-order valence-electron chi connectivity index (χ2n) is 6.92. The van der Waals surface area contributed by atoms with E-state index in [4.69, 9.17) is 0 Å². The van der Waals surface area contributed by atoms with Crippen molar-refractivity contribution in [3.8, 4) is 0 Å². The molecule has 0 spiro atoms. The van der Waals surface area contributed by atoms with E-state index in [9.17, 15) is 14.4 Å². The van der Waals surface area contributed by atoms with Gasteiger partial charge in [0.15, 0.2) is 11.6 Å². The summed E-state index contributed by atoms with van der Waals surface area (Å²) in [5.74, 6) is -0.643. The van der Waals surface area contributed by atoms with Crippen LogP contribution in [0.3, 0.4) is 0 Å². The number of ketones is 2. The first-order valence-corrected chi connectivity index (χ1v) is 9.08. The zero-order valence-corrected chi connectivity index (χ0v) is 15.1. The minimum absolute atomic E-state index is 0.144. The molecule has 1 amide bonds. The van der Waals surface area contributed by atoms with Gasteiger partial charge in [0.25, 0.3) is 5.91 Å². The van der Waals surface area contributed by atoms with Crippen LogP contribution < -0.4 is 5.32 Å². The van der Waals surface area contributed by atoms with Crippen molar-refractivity contribution < 1.29 is 14.4 Å². The van der Waals surface area contributed by atoms with Crippen LogP contribution in [0.1, 0.15) is 40.5 Å². The summed E-state index contributed by atoms with van der Waals surface area (Å²) in [6.45, 7) is 3.14. The molecule has 2 aromatic rings. The largest absolute Gasteiger partial charge is 0.354 e. The summed E-state index contributed by atoms with van der Waals surface area (Å²) in [5, 5.41) is 2.90. The standard InChI is InChI=1S/C22H20N2O3/c1-14-13-17-19(21(26)16-8-3-2-7-15(16)20(17)25)18(14)22(27)23-9-6-12-24-10-4-5-11-24/h2-5,7-8,10-11H,6,9,12-13H2,1H3,(H,23,27). The molecule has 1 aromatic heterocycles. The van der Waals surface area contributed by atoms with Crippen molar-refractivity contribution in [2.24, 2.45) is 0 Å². The second kappa shape index (κ2) is 6.83. The maximum atomic E-state index is 13.0. The third-order valence-electron chi connectivity index (χ3n) is 5.11. The summed E-state index contributed by atoms with van der Waals surface area (Å²) >= 11 is 0. The predicted molar refractivity (Wildman–Crippen MR) is 102 cm³/mol. The molecular weight excluding hydrogens is 340 g/mol. The predicted octanol–water partition coefficient (Wildman–Crippen LogP) is 3.09. The molecule has 1 aromatic carbocycles. The Kier molecular flexibility index (Phi) is 4.36. The number of rotatable bonds is 5. The van der Waals surface area contributed by atoms with E-state index in [-0.39, 0.29) is 17.5 Å². The Balaban J connectivity index is 1.51. The summed E-state index contributed by atoms with van der Waals surface area (Å²) in [7, 11) is 0. The highest BCUT2D eigenvalue weighted by atomic mass is 16.2.